The predicted molar refractivity (Wildman–Crippen MR) is 116 cm³/mol. The highest BCUT2D eigenvalue weighted by Gasteiger charge is 2.15. The molecular weight excluding hydrogens is 388 g/mol. The Morgan fingerprint density at radius 3 is 2.45 bits per heavy atom. The second kappa shape index (κ2) is 9.21. The van der Waals surface area contributed by atoms with Crippen LogP contribution in [0.2, 0.25) is 5.02 Å². The Balaban J connectivity index is 1.78. The number of nitrogens with one attached hydrogen (secondary N) is 2. The molecule has 0 spiro atoms. The van der Waals surface area contributed by atoms with E-state index in [0.717, 1.165) is 11.3 Å². The molecule has 2 amide bonds. The van der Waals surface area contributed by atoms with E-state index in [0.29, 0.717) is 28.4 Å². The van der Waals surface area contributed by atoms with E-state index in [1.54, 1.807) is 54.9 Å². The number of pyridine rings is 1. The third kappa shape index (κ3) is 5.33. The van der Waals surface area contributed by atoms with Crippen LogP contribution in [-0.4, -0.2) is 30.9 Å². The molecule has 0 aliphatic heterocycles. The predicted octanol–water partition coefficient (Wildman–Crippen LogP) is 3.98. The van der Waals surface area contributed by atoms with Crippen LogP contribution in [-0.2, 0) is 6.54 Å². The van der Waals surface area contributed by atoms with Crippen molar-refractivity contribution in [3.8, 4) is 0 Å². The van der Waals surface area contributed by atoms with Gasteiger partial charge in [-0.2, -0.15) is 0 Å². The number of carbonyl (C=O) groups is 2. The van der Waals surface area contributed by atoms with Gasteiger partial charge in [-0.3, -0.25) is 14.6 Å². The monoisotopic (exact) mass is 408 g/mol. The fraction of sp³-hybridized carbons (Fsp3) is 0.136. The molecule has 1 aromatic heterocycles. The van der Waals surface area contributed by atoms with E-state index >= 15 is 0 Å². The summed E-state index contributed by atoms with van der Waals surface area (Å²) in [5.74, 6) is -0.513. The van der Waals surface area contributed by atoms with Crippen molar-refractivity contribution in [2.45, 2.75) is 6.54 Å². The minimum atomic E-state index is -0.277. The van der Waals surface area contributed by atoms with Crippen LogP contribution in [0.25, 0.3) is 0 Å². The average Bonchev–Trinajstić information content (AvgIpc) is 2.73. The first-order valence-corrected chi connectivity index (χ1v) is 9.37. The number of nitrogens with zero attached hydrogens (tertiary/aromatic N) is 2. The molecule has 1 heterocycles. The lowest BCUT2D eigenvalue weighted by atomic mass is 10.1. The minimum Gasteiger partial charge on any atom is -0.377 e. The number of rotatable bonds is 6. The Kier molecular flexibility index (Phi) is 6.46. The van der Waals surface area contributed by atoms with Gasteiger partial charge < -0.3 is 15.5 Å². The summed E-state index contributed by atoms with van der Waals surface area (Å²) in [5.41, 5.74) is 3.13. The van der Waals surface area contributed by atoms with Gasteiger partial charge in [-0.05, 0) is 54.1 Å². The number of carbonyl (C=O) groups excluding carboxylic acids is 2. The molecule has 148 valence electrons. The number of aromatic nitrogens is 1. The van der Waals surface area contributed by atoms with Gasteiger partial charge in [0.2, 0.25) is 0 Å². The van der Waals surface area contributed by atoms with Crippen LogP contribution in [0.3, 0.4) is 0 Å². The molecule has 3 aromatic rings. The van der Waals surface area contributed by atoms with Crippen molar-refractivity contribution < 1.29 is 9.59 Å². The van der Waals surface area contributed by atoms with E-state index in [9.17, 15) is 9.59 Å². The Bertz CT molecular complexity index is 1010. The van der Waals surface area contributed by atoms with Crippen molar-refractivity contribution in [3.63, 3.8) is 0 Å². The van der Waals surface area contributed by atoms with Crippen LogP contribution < -0.4 is 15.5 Å². The van der Waals surface area contributed by atoms with Gasteiger partial charge in [-0.15, -0.1) is 0 Å². The summed E-state index contributed by atoms with van der Waals surface area (Å²) in [7, 11) is 3.72. The maximum Gasteiger partial charge on any atom is 0.255 e. The van der Waals surface area contributed by atoms with Crippen LogP contribution in [0.15, 0.2) is 67.0 Å². The summed E-state index contributed by atoms with van der Waals surface area (Å²) in [4.78, 5) is 31.2. The number of hydrogen-bond acceptors (Lipinski definition) is 4. The molecule has 0 atom stereocenters. The fourth-order valence-corrected chi connectivity index (χ4v) is 2.90. The largest absolute Gasteiger partial charge is 0.377 e. The molecule has 0 saturated heterocycles. The Morgan fingerprint density at radius 2 is 1.79 bits per heavy atom. The SMILES string of the molecule is CN(C)c1ccc(NC(=O)c2ccc(Cl)cc2)cc1C(=O)NCc1cccnc1. The van der Waals surface area contributed by atoms with Gasteiger partial charge >= 0.3 is 0 Å². The van der Waals surface area contributed by atoms with Crippen LogP contribution in [0, 0.1) is 0 Å². The summed E-state index contributed by atoms with van der Waals surface area (Å²) in [6.45, 7) is 0.362. The number of benzene rings is 2. The number of amides is 2. The number of anilines is 2. The third-order valence-corrected chi connectivity index (χ3v) is 4.52. The van der Waals surface area contributed by atoms with Crippen molar-refractivity contribution in [1.82, 2.24) is 10.3 Å². The first-order valence-electron chi connectivity index (χ1n) is 8.99. The zero-order valence-corrected chi connectivity index (χ0v) is 16.9. The Morgan fingerprint density at radius 1 is 1.03 bits per heavy atom. The van der Waals surface area contributed by atoms with E-state index in [2.05, 4.69) is 15.6 Å². The molecule has 2 N–H and O–H groups in total. The van der Waals surface area contributed by atoms with Gasteiger partial charge in [-0.25, -0.2) is 0 Å². The molecule has 3 rings (SSSR count). The van der Waals surface area contributed by atoms with E-state index in [-0.39, 0.29) is 11.8 Å². The van der Waals surface area contributed by atoms with Gasteiger partial charge in [0.15, 0.2) is 0 Å². The summed E-state index contributed by atoms with van der Waals surface area (Å²) in [6, 6.07) is 15.5. The average molecular weight is 409 g/mol. The molecule has 0 saturated carbocycles. The van der Waals surface area contributed by atoms with Crippen LogP contribution >= 0.6 is 11.6 Å². The van der Waals surface area contributed by atoms with E-state index in [1.165, 1.54) is 0 Å². The van der Waals surface area contributed by atoms with Gasteiger partial charge in [0.1, 0.15) is 0 Å². The molecule has 7 heteroatoms. The van der Waals surface area contributed by atoms with E-state index < -0.39 is 0 Å². The fourth-order valence-electron chi connectivity index (χ4n) is 2.77. The van der Waals surface area contributed by atoms with Crippen molar-refractivity contribution in [1.29, 1.82) is 0 Å². The highest BCUT2D eigenvalue weighted by atomic mass is 35.5. The standard InChI is InChI=1S/C22H21ClN4O2/c1-27(2)20-10-9-18(26-21(28)16-5-7-17(23)8-6-16)12-19(20)22(29)25-14-15-4-3-11-24-13-15/h3-13H,14H2,1-2H3,(H,25,29)(H,26,28). The van der Waals surface area contributed by atoms with Gasteiger partial charge in [0, 0.05) is 55.0 Å². The summed E-state index contributed by atoms with van der Waals surface area (Å²) in [6.07, 6.45) is 3.39. The van der Waals surface area contributed by atoms with E-state index in [4.69, 9.17) is 11.6 Å². The van der Waals surface area contributed by atoms with Crippen LogP contribution in [0.4, 0.5) is 11.4 Å². The zero-order valence-electron chi connectivity index (χ0n) is 16.1. The zero-order chi connectivity index (χ0) is 20.8. The van der Waals surface area contributed by atoms with Crippen molar-refractivity contribution in [2.75, 3.05) is 24.3 Å². The molecule has 2 aromatic carbocycles. The summed E-state index contributed by atoms with van der Waals surface area (Å²) >= 11 is 5.87. The molecule has 29 heavy (non-hydrogen) atoms. The quantitative estimate of drug-likeness (QED) is 0.646. The van der Waals surface area contributed by atoms with Crippen LogP contribution in [0.5, 0.6) is 0 Å². The number of halogens is 1. The lowest BCUT2D eigenvalue weighted by Gasteiger charge is -2.18. The molecule has 0 bridgehead atoms. The first-order chi connectivity index (χ1) is 13.9. The molecule has 0 radical (unpaired) electrons. The first kappa shape index (κ1) is 20.4. The van der Waals surface area contributed by atoms with Crippen molar-refractivity contribution >= 4 is 34.8 Å². The topological polar surface area (TPSA) is 74.3 Å². The number of hydrogen-bond donors (Lipinski definition) is 2. The van der Waals surface area contributed by atoms with Crippen molar-refractivity contribution in [3.05, 3.63) is 88.7 Å². The lowest BCUT2D eigenvalue weighted by Crippen LogP contribution is -2.25. The third-order valence-electron chi connectivity index (χ3n) is 4.26. The highest BCUT2D eigenvalue weighted by molar-refractivity contribution is 6.30. The minimum absolute atomic E-state index is 0.236. The smallest absolute Gasteiger partial charge is 0.255 e. The molecule has 0 unspecified atom stereocenters. The second-order valence-electron chi connectivity index (χ2n) is 6.63. The summed E-state index contributed by atoms with van der Waals surface area (Å²) < 4.78 is 0. The van der Waals surface area contributed by atoms with Gasteiger partial charge in [0.25, 0.3) is 11.8 Å². The van der Waals surface area contributed by atoms with Crippen LogP contribution in [0.1, 0.15) is 26.3 Å². The summed E-state index contributed by atoms with van der Waals surface area (Å²) in [5, 5.41) is 6.28. The second-order valence-corrected chi connectivity index (χ2v) is 7.07. The van der Waals surface area contributed by atoms with E-state index in [1.807, 2.05) is 31.1 Å². The highest BCUT2D eigenvalue weighted by Crippen LogP contribution is 2.24. The normalized spacial score (nSPS) is 10.3. The molecule has 0 aliphatic rings. The Hall–Kier alpha value is -3.38. The van der Waals surface area contributed by atoms with Crippen molar-refractivity contribution in [2.24, 2.45) is 0 Å². The molecule has 0 fully saturated rings. The van der Waals surface area contributed by atoms with Gasteiger partial charge in [0.05, 0.1) is 5.56 Å². The maximum atomic E-state index is 12.8. The molecule has 0 aliphatic carbocycles. The molecule has 6 nitrogen and oxygen atoms in total. The van der Waals surface area contributed by atoms with Gasteiger partial charge in [-0.1, -0.05) is 17.7 Å². The Labute approximate surface area is 174 Å². The molecular formula is C22H21ClN4O2. The maximum absolute atomic E-state index is 12.8. The lowest BCUT2D eigenvalue weighted by molar-refractivity contribution is 0.0950.